The van der Waals surface area contributed by atoms with Crippen molar-refractivity contribution in [1.29, 1.82) is 0 Å². The lowest BCUT2D eigenvalue weighted by atomic mass is 9.97. The molecule has 134 valence electrons. The molecule has 8 heteroatoms. The highest BCUT2D eigenvalue weighted by atomic mass is 35.5. The number of carbonyl (C=O) groups excluding carboxylic acids is 1. The molecular formula is C16H24ClN3O3S. The number of halogens is 1. The second-order valence-electron chi connectivity index (χ2n) is 6.57. The van der Waals surface area contributed by atoms with Gasteiger partial charge in [-0.15, -0.1) is 12.4 Å². The van der Waals surface area contributed by atoms with E-state index < -0.39 is 10.0 Å². The molecule has 6 nitrogen and oxygen atoms in total. The van der Waals surface area contributed by atoms with Crippen molar-refractivity contribution in [2.45, 2.75) is 55.0 Å². The molecular weight excluding hydrogens is 350 g/mol. The van der Waals surface area contributed by atoms with E-state index in [4.69, 9.17) is 5.73 Å². The van der Waals surface area contributed by atoms with Crippen molar-refractivity contribution >= 4 is 28.3 Å². The number of amides is 1. The molecule has 0 spiro atoms. The summed E-state index contributed by atoms with van der Waals surface area (Å²) in [5, 5.41) is 3.01. The average Bonchev–Trinajstić information content (AvgIpc) is 3.22. The first-order chi connectivity index (χ1) is 10.9. The van der Waals surface area contributed by atoms with Gasteiger partial charge in [-0.05, 0) is 43.9 Å². The van der Waals surface area contributed by atoms with Crippen LogP contribution in [-0.4, -0.2) is 32.5 Å². The summed E-state index contributed by atoms with van der Waals surface area (Å²) >= 11 is 0. The van der Waals surface area contributed by atoms with Gasteiger partial charge in [0, 0.05) is 18.2 Å². The van der Waals surface area contributed by atoms with Crippen molar-refractivity contribution in [2.75, 3.05) is 6.54 Å². The van der Waals surface area contributed by atoms with Crippen molar-refractivity contribution in [3.63, 3.8) is 0 Å². The zero-order chi connectivity index (χ0) is 16.5. The molecule has 3 rings (SSSR count). The lowest BCUT2D eigenvalue weighted by Crippen LogP contribution is -2.51. The Bertz CT molecular complexity index is 698. The quantitative estimate of drug-likeness (QED) is 0.704. The highest BCUT2D eigenvalue weighted by Crippen LogP contribution is 2.29. The van der Waals surface area contributed by atoms with E-state index in [1.54, 1.807) is 12.1 Å². The summed E-state index contributed by atoms with van der Waals surface area (Å²) in [6.45, 7) is 0.403. The lowest BCUT2D eigenvalue weighted by Gasteiger charge is -2.28. The molecule has 0 heterocycles. The molecule has 2 aliphatic rings. The molecule has 0 unspecified atom stereocenters. The molecule has 4 N–H and O–H groups in total. The van der Waals surface area contributed by atoms with Gasteiger partial charge in [-0.2, -0.15) is 0 Å². The van der Waals surface area contributed by atoms with Gasteiger partial charge in [0.1, 0.15) is 0 Å². The number of sulfonamides is 1. The fourth-order valence-corrected chi connectivity index (χ4v) is 4.39. The maximum atomic E-state index is 12.5. The van der Waals surface area contributed by atoms with E-state index in [1.165, 1.54) is 12.1 Å². The highest BCUT2D eigenvalue weighted by Gasteiger charge is 2.34. The number of hydrogen-bond donors (Lipinski definition) is 3. The number of nitrogens with one attached hydrogen (secondary N) is 2. The Morgan fingerprint density at radius 2 is 1.92 bits per heavy atom. The lowest BCUT2D eigenvalue weighted by molar-refractivity contribution is 0.0903. The Kier molecular flexibility index (Phi) is 5.91. The van der Waals surface area contributed by atoms with Gasteiger partial charge in [0.15, 0.2) is 0 Å². The number of hydrogen-bond acceptors (Lipinski definition) is 4. The first-order valence-electron chi connectivity index (χ1n) is 8.09. The molecule has 0 aromatic heterocycles. The van der Waals surface area contributed by atoms with E-state index in [1.807, 2.05) is 0 Å². The van der Waals surface area contributed by atoms with Gasteiger partial charge in [-0.1, -0.05) is 18.9 Å². The molecule has 0 saturated heterocycles. The third kappa shape index (κ3) is 4.27. The molecule has 24 heavy (non-hydrogen) atoms. The van der Waals surface area contributed by atoms with E-state index in [2.05, 4.69) is 10.0 Å². The molecule has 0 radical (unpaired) electrons. The number of carbonyl (C=O) groups is 1. The third-order valence-electron chi connectivity index (χ3n) is 4.64. The molecule has 2 fully saturated rings. The summed E-state index contributed by atoms with van der Waals surface area (Å²) in [6.07, 6.45) is 5.60. The first kappa shape index (κ1) is 19.2. The van der Waals surface area contributed by atoms with E-state index in [9.17, 15) is 13.2 Å². The summed E-state index contributed by atoms with van der Waals surface area (Å²) < 4.78 is 27.1. The second kappa shape index (κ2) is 7.39. The van der Waals surface area contributed by atoms with E-state index in [0.717, 1.165) is 38.5 Å². The van der Waals surface area contributed by atoms with Crippen LogP contribution in [0.25, 0.3) is 0 Å². The molecule has 1 amide bonds. The van der Waals surface area contributed by atoms with Gasteiger partial charge in [0.25, 0.3) is 5.91 Å². The number of benzene rings is 1. The third-order valence-corrected chi connectivity index (χ3v) is 6.15. The minimum atomic E-state index is -3.56. The summed E-state index contributed by atoms with van der Waals surface area (Å²) in [7, 11) is -3.56. The highest BCUT2D eigenvalue weighted by molar-refractivity contribution is 7.89. The predicted octanol–water partition coefficient (Wildman–Crippen LogP) is 1.55. The Morgan fingerprint density at radius 1 is 1.25 bits per heavy atom. The van der Waals surface area contributed by atoms with E-state index in [0.29, 0.717) is 12.1 Å². The summed E-state index contributed by atoms with van der Waals surface area (Å²) in [5.74, 6) is -0.263. The summed E-state index contributed by atoms with van der Waals surface area (Å²) in [4.78, 5) is 12.6. The molecule has 2 aliphatic carbocycles. The van der Waals surface area contributed by atoms with Gasteiger partial charge in [-0.25, -0.2) is 13.1 Å². The summed E-state index contributed by atoms with van der Waals surface area (Å²) in [5.41, 5.74) is 5.84. The van der Waals surface area contributed by atoms with Crippen molar-refractivity contribution < 1.29 is 13.2 Å². The average molecular weight is 374 g/mol. The zero-order valence-corrected chi connectivity index (χ0v) is 15.1. The Hall–Kier alpha value is -1.15. The molecule has 0 bridgehead atoms. The minimum absolute atomic E-state index is 0. The van der Waals surface area contributed by atoms with Gasteiger partial charge in [0.2, 0.25) is 10.0 Å². The van der Waals surface area contributed by atoms with Crippen LogP contribution in [0, 0.1) is 0 Å². The standard InChI is InChI=1S/C16H23N3O3S.ClH/c17-11-16(8-1-2-9-16)18-15(20)12-4-3-5-14(10-12)23(21,22)19-13-6-7-13;/h3-5,10,13,19H,1-2,6-9,11,17H2,(H,18,20);1H. The molecule has 1 aromatic carbocycles. The molecule has 1 aromatic rings. The minimum Gasteiger partial charge on any atom is -0.345 e. The van der Waals surface area contributed by atoms with Crippen molar-refractivity contribution in [3.8, 4) is 0 Å². The van der Waals surface area contributed by atoms with Gasteiger partial charge in [-0.3, -0.25) is 4.79 Å². The number of rotatable bonds is 6. The largest absolute Gasteiger partial charge is 0.345 e. The maximum Gasteiger partial charge on any atom is 0.251 e. The van der Waals surface area contributed by atoms with E-state index >= 15 is 0 Å². The fraction of sp³-hybridized carbons (Fsp3) is 0.562. The maximum absolute atomic E-state index is 12.5. The number of nitrogens with two attached hydrogens (primary N) is 1. The van der Waals surface area contributed by atoms with Crippen molar-refractivity contribution in [3.05, 3.63) is 29.8 Å². The van der Waals surface area contributed by atoms with E-state index in [-0.39, 0.29) is 34.8 Å². The normalized spacial score (nSPS) is 19.5. The Morgan fingerprint density at radius 3 is 2.50 bits per heavy atom. The van der Waals surface area contributed by atoms with Crippen LogP contribution in [0.3, 0.4) is 0 Å². The smallest absolute Gasteiger partial charge is 0.251 e. The zero-order valence-electron chi connectivity index (χ0n) is 13.5. The Labute approximate surface area is 149 Å². The topological polar surface area (TPSA) is 101 Å². The molecule has 2 saturated carbocycles. The molecule has 0 atom stereocenters. The summed E-state index contributed by atoms with van der Waals surface area (Å²) in [6, 6.07) is 6.20. The van der Waals surface area contributed by atoms with Crippen molar-refractivity contribution in [2.24, 2.45) is 5.73 Å². The Balaban J connectivity index is 0.00000208. The van der Waals surface area contributed by atoms with Crippen molar-refractivity contribution in [1.82, 2.24) is 10.0 Å². The van der Waals surface area contributed by atoms with Crippen LogP contribution >= 0.6 is 12.4 Å². The molecule has 0 aliphatic heterocycles. The predicted molar refractivity (Wildman–Crippen MR) is 94.8 cm³/mol. The van der Waals surface area contributed by atoms with Crippen LogP contribution in [0.2, 0.25) is 0 Å². The fourth-order valence-electron chi connectivity index (χ4n) is 3.04. The van der Waals surface area contributed by atoms with Crippen LogP contribution in [-0.2, 0) is 10.0 Å². The monoisotopic (exact) mass is 373 g/mol. The second-order valence-corrected chi connectivity index (χ2v) is 8.28. The first-order valence-corrected chi connectivity index (χ1v) is 9.57. The van der Waals surface area contributed by atoms with Gasteiger partial charge >= 0.3 is 0 Å². The SMILES string of the molecule is Cl.NCC1(NC(=O)c2cccc(S(=O)(=O)NC3CC3)c2)CCCC1. The van der Waals surface area contributed by atoms with Crippen LogP contribution in [0.5, 0.6) is 0 Å². The van der Waals surface area contributed by atoms with Crippen LogP contribution < -0.4 is 15.8 Å². The van der Waals surface area contributed by atoms with Crippen LogP contribution in [0.4, 0.5) is 0 Å². The van der Waals surface area contributed by atoms with Crippen LogP contribution in [0.1, 0.15) is 48.9 Å². The van der Waals surface area contributed by atoms with Gasteiger partial charge in [0.05, 0.1) is 10.4 Å². The van der Waals surface area contributed by atoms with Gasteiger partial charge < -0.3 is 11.1 Å². The van der Waals surface area contributed by atoms with Crippen LogP contribution in [0.15, 0.2) is 29.2 Å².